The number of nitrogens with two attached hydrogens (primary N) is 1. The van der Waals surface area contributed by atoms with E-state index in [2.05, 4.69) is 26.2 Å². The third kappa shape index (κ3) is 2.65. The lowest BCUT2D eigenvalue weighted by Crippen LogP contribution is -2.10. The predicted molar refractivity (Wildman–Crippen MR) is 68.8 cm³/mol. The van der Waals surface area contributed by atoms with Crippen molar-refractivity contribution in [1.82, 2.24) is 15.0 Å². The molecule has 0 amide bonds. The molecule has 0 fully saturated rings. The predicted octanol–water partition coefficient (Wildman–Crippen LogP) is 1.67. The highest BCUT2D eigenvalue weighted by Gasteiger charge is 2.10. The maximum atomic E-state index is 5.47. The Balaban J connectivity index is 2.40. The third-order valence-corrected chi connectivity index (χ3v) is 2.83. The molecule has 0 aliphatic heterocycles. The van der Waals surface area contributed by atoms with Crippen molar-refractivity contribution in [2.75, 3.05) is 13.7 Å². The lowest BCUT2D eigenvalue weighted by atomic mass is 10.1. The SMILES string of the molecule is COc1ccc(Br)cc1-c1cn(CCN)nn1. The number of nitrogens with zero attached hydrogens (tertiary/aromatic N) is 3. The van der Waals surface area contributed by atoms with Crippen LogP contribution in [0.4, 0.5) is 0 Å². The zero-order valence-corrected chi connectivity index (χ0v) is 11.0. The van der Waals surface area contributed by atoms with E-state index < -0.39 is 0 Å². The fraction of sp³-hybridized carbons (Fsp3) is 0.273. The van der Waals surface area contributed by atoms with Crippen molar-refractivity contribution in [2.45, 2.75) is 6.54 Å². The molecule has 2 N–H and O–H groups in total. The van der Waals surface area contributed by atoms with E-state index in [1.165, 1.54) is 0 Å². The lowest BCUT2D eigenvalue weighted by molar-refractivity contribution is 0.416. The molecule has 5 nitrogen and oxygen atoms in total. The average Bonchev–Trinajstić information content (AvgIpc) is 2.78. The van der Waals surface area contributed by atoms with Gasteiger partial charge in [0.15, 0.2) is 0 Å². The second-order valence-electron chi connectivity index (χ2n) is 3.50. The van der Waals surface area contributed by atoms with Gasteiger partial charge in [0.25, 0.3) is 0 Å². The zero-order chi connectivity index (χ0) is 12.3. The van der Waals surface area contributed by atoms with Crippen molar-refractivity contribution >= 4 is 15.9 Å². The summed E-state index contributed by atoms with van der Waals surface area (Å²) >= 11 is 3.43. The Morgan fingerprint density at radius 2 is 2.29 bits per heavy atom. The zero-order valence-electron chi connectivity index (χ0n) is 9.43. The van der Waals surface area contributed by atoms with Crippen LogP contribution in [0.25, 0.3) is 11.3 Å². The summed E-state index contributed by atoms with van der Waals surface area (Å²) in [4.78, 5) is 0. The van der Waals surface area contributed by atoms with Crippen LogP contribution in [0.1, 0.15) is 0 Å². The minimum atomic E-state index is 0.540. The molecule has 2 aromatic rings. The monoisotopic (exact) mass is 296 g/mol. The molecule has 1 aromatic heterocycles. The first-order valence-electron chi connectivity index (χ1n) is 5.18. The number of hydrogen-bond donors (Lipinski definition) is 1. The van der Waals surface area contributed by atoms with Gasteiger partial charge in [0.2, 0.25) is 0 Å². The van der Waals surface area contributed by atoms with E-state index in [-0.39, 0.29) is 0 Å². The van der Waals surface area contributed by atoms with Gasteiger partial charge in [0.05, 0.1) is 19.9 Å². The topological polar surface area (TPSA) is 66.0 Å². The van der Waals surface area contributed by atoms with Crippen LogP contribution in [-0.2, 0) is 6.54 Å². The highest BCUT2D eigenvalue weighted by atomic mass is 79.9. The number of methoxy groups -OCH3 is 1. The molecule has 0 saturated heterocycles. The third-order valence-electron chi connectivity index (χ3n) is 2.33. The van der Waals surface area contributed by atoms with Crippen molar-refractivity contribution in [1.29, 1.82) is 0 Å². The van der Waals surface area contributed by atoms with E-state index in [4.69, 9.17) is 10.5 Å². The van der Waals surface area contributed by atoms with Gasteiger partial charge in [-0.2, -0.15) is 0 Å². The standard InChI is InChI=1S/C11H13BrN4O/c1-17-11-3-2-8(12)6-9(11)10-7-16(5-4-13)15-14-10/h2-3,6-7H,4-5,13H2,1H3. The minimum Gasteiger partial charge on any atom is -0.496 e. The summed E-state index contributed by atoms with van der Waals surface area (Å²) in [6.07, 6.45) is 1.86. The second-order valence-corrected chi connectivity index (χ2v) is 4.42. The van der Waals surface area contributed by atoms with Crippen LogP contribution in [0.3, 0.4) is 0 Å². The van der Waals surface area contributed by atoms with Gasteiger partial charge in [-0.25, -0.2) is 0 Å². The largest absolute Gasteiger partial charge is 0.496 e. The number of rotatable bonds is 4. The quantitative estimate of drug-likeness (QED) is 0.932. The summed E-state index contributed by atoms with van der Waals surface area (Å²) < 4.78 is 7.99. The van der Waals surface area contributed by atoms with Crippen LogP contribution in [0.15, 0.2) is 28.9 Å². The Labute approximate surface area is 108 Å². The summed E-state index contributed by atoms with van der Waals surface area (Å²) in [7, 11) is 1.64. The fourth-order valence-electron chi connectivity index (χ4n) is 1.54. The highest BCUT2D eigenvalue weighted by molar-refractivity contribution is 9.10. The number of ether oxygens (including phenoxy) is 1. The number of aromatic nitrogens is 3. The van der Waals surface area contributed by atoms with Crippen molar-refractivity contribution in [3.8, 4) is 17.0 Å². The van der Waals surface area contributed by atoms with Crippen molar-refractivity contribution in [2.24, 2.45) is 5.73 Å². The van der Waals surface area contributed by atoms with Crippen LogP contribution in [0.5, 0.6) is 5.75 Å². The molecule has 1 aromatic carbocycles. The van der Waals surface area contributed by atoms with Gasteiger partial charge >= 0.3 is 0 Å². The van der Waals surface area contributed by atoms with E-state index in [0.717, 1.165) is 21.5 Å². The van der Waals surface area contributed by atoms with Crippen LogP contribution in [-0.4, -0.2) is 28.6 Å². The first-order valence-corrected chi connectivity index (χ1v) is 5.98. The Kier molecular flexibility index (Phi) is 3.75. The van der Waals surface area contributed by atoms with Crippen LogP contribution >= 0.6 is 15.9 Å². The molecule has 2 rings (SSSR count). The fourth-order valence-corrected chi connectivity index (χ4v) is 1.90. The number of hydrogen-bond acceptors (Lipinski definition) is 4. The first-order chi connectivity index (χ1) is 8.24. The van der Waals surface area contributed by atoms with Crippen LogP contribution in [0, 0.1) is 0 Å². The Bertz CT molecular complexity index is 512. The van der Waals surface area contributed by atoms with Crippen molar-refractivity contribution in [3.63, 3.8) is 0 Å². The Morgan fingerprint density at radius 1 is 1.47 bits per heavy atom. The highest BCUT2D eigenvalue weighted by Crippen LogP contribution is 2.30. The normalized spacial score (nSPS) is 10.5. The van der Waals surface area contributed by atoms with Gasteiger partial charge in [-0.05, 0) is 18.2 Å². The van der Waals surface area contributed by atoms with Gasteiger partial charge in [-0.1, -0.05) is 21.1 Å². The lowest BCUT2D eigenvalue weighted by Gasteiger charge is -2.05. The van der Waals surface area contributed by atoms with Crippen molar-refractivity contribution < 1.29 is 4.74 Å². The second kappa shape index (κ2) is 5.29. The van der Waals surface area contributed by atoms with Gasteiger partial charge in [0, 0.05) is 16.6 Å². The van der Waals surface area contributed by atoms with Crippen molar-refractivity contribution in [3.05, 3.63) is 28.9 Å². The molecule has 0 aliphatic rings. The van der Waals surface area contributed by atoms with E-state index in [9.17, 15) is 0 Å². The van der Waals surface area contributed by atoms with Crippen LogP contribution in [0.2, 0.25) is 0 Å². The summed E-state index contributed by atoms with van der Waals surface area (Å²) in [6.45, 7) is 1.20. The molecule has 0 radical (unpaired) electrons. The molecule has 0 atom stereocenters. The molecule has 0 aliphatic carbocycles. The van der Waals surface area contributed by atoms with Crippen LogP contribution < -0.4 is 10.5 Å². The van der Waals surface area contributed by atoms with Gasteiger partial charge < -0.3 is 10.5 Å². The first kappa shape index (κ1) is 12.1. The molecule has 6 heteroatoms. The molecular weight excluding hydrogens is 284 g/mol. The molecule has 1 heterocycles. The maximum absolute atomic E-state index is 5.47. The summed E-state index contributed by atoms with van der Waals surface area (Å²) in [5.74, 6) is 0.771. The molecule has 90 valence electrons. The summed E-state index contributed by atoms with van der Waals surface area (Å²) in [5.41, 5.74) is 7.15. The van der Waals surface area contributed by atoms with E-state index in [1.54, 1.807) is 11.8 Å². The summed E-state index contributed by atoms with van der Waals surface area (Å²) in [5, 5.41) is 8.11. The number of halogens is 1. The number of benzene rings is 1. The van der Waals surface area contributed by atoms with Gasteiger partial charge in [-0.3, -0.25) is 4.68 Å². The average molecular weight is 297 g/mol. The Morgan fingerprint density at radius 3 is 3.00 bits per heavy atom. The minimum absolute atomic E-state index is 0.540. The maximum Gasteiger partial charge on any atom is 0.128 e. The molecule has 0 saturated carbocycles. The van der Waals surface area contributed by atoms with E-state index >= 15 is 0 Å². The van der Waals surface area contributed by atoms with E-state index in [0.29, 0.717) is 13.1 Å². The molecular formula is C11H13BrN4O. The Hall–Kier alpha value is -1.40. The smallest absolute Gasteiger partial charge is 0.128 e. The summed E-state index contributed by atoms with van der Waals surface area (Å²) in [6, 6.07) is 5.77. The molecule has 0 bridgehead atoms. The molecule has 17 heavy (non-hydrogen) atoms. The van der Waals surface area contributed by atoms with Gasteiger partial charge in [0.1, 0.15) is 11.4 Å². The molecule has 0 spiro atoms. The van der Waals surface area contributed by atoms with Gasteiger partial charge in [-0.15, -0.1) is 5.10 Å². The van der Waals surface area contributed by atoms with E-state index in [1.807, 2.05) is 24.4 Å². The molecule has 0 unspecified atom stereocenters.